The second kappa shape index (κ2) is 7.70. The van der Waals surface area contributed by atoms with Crippen LogP contribution in [0.25, 0.3) is 0 Å². The number of hydrogen-bond donors (Lipinski definition) is 3. The van der Waals surface area contributed by atoms with Crippen LogP contribution in [0.5, 0.6) is 0 Å². The largest absolute Gasteiger partial charge is 0.396 e. The van der Waals surface area contributed by atoms with E-state index in [1.54, 1.807) is 6.92 Å². The number of aliphatic hydroxyl groups excluding tert-OH is 1. The van der Waals surface area contributed by atoms with E-state index < -0.39 is 16.1 Å². The van der Waals surface area contributed by atoms with Gasteiger partial charge < -0.3 is 10.4 Å². The summed E-state index contributed by atoms with van der Waals surface area (Å²) in [6.07, 6.45) is 1.47. The summed E-state index contributed by atoms with van der Waals surface area (Å²) in [5, 5.41) is 11.5. The fourth-order valence-electron chi connectivity index (χ4n) is 1.40. The van der Waals surface area contributed by atoms with Crippen LogP contribution in [0, 0.1) is 11.8 Å². The number of carbonyl (C=O) groups excluding carboxylic acids is 1. The van der Waals surface area contributed by atoms with E-state index in [9.17, 15) is 13.2 Å². The summed E-state index contributed by atoms with van der Waals surface area (Å²) < 4.78 is 24.7. The van der Waals surface area contributed by atoms with Crippen molar-refractivity contribution >= 4 is 15.9 Å². The maximum Gasteiger partial charge on any atom is 0.238 e. The van der Waals surface area contributed by atoms with Crippen molar-refractivity contribution in [2.45, 2.75) is 33.2 Å². The average Bonchev–Trinajstić information content (AvgIpc) is 2.21. The summed E-state index contributed by atoms with van der Waals surface area (Å²) in [6, 6.07) is -0.758. The zero-order valence-electron chi connectivity index (χ0n) is 11.4. The Morgan fingerprint density at radius 1 is 1.28 bits per heavy atom. The quantitative estimate of drug-likeness (QED) is 0.568. The fraction of sp³-hybridized carbons (Fsp3) is 0.909. The van der Waals surface area contributed by atoms with Gasteiger partial charge in [-0.1, -0.05) is 20.8 Å². The van der Waals surface area contributed by atoms with Gasteiger partial charge >= 0.3 is 0 Å². The summed E-state index contributed by atoms with van der Waals surface area (Å²) in [4.78, 5) is 11.9. The van der Waals surface area contributed by atoms with E-state index in [1.165, 1.54) is 0 Å². The van der Waals surface area contributed by atoms with Gasteiger partial charge in [0.2, 0.25) is 15.9 Å². The third kappa shape index (κ3) is 8.43. The Bertz CT molecular complexity index is 354. The first-order valence-electron chi connectivity index (χ1n) is 6.01. The lowest BCUT2D eigenvalue weighted by Gasteiger charge is -2.20. The number of aliphatic hydroxyl groups is 1. The third-order valence-electron chi connectivity index (χ3n) is 2.32. The number of nitrogens with one attached hydrogen (secondary N) is 2. The van der Waals surface area contributed by atoms with Crippen LogP contribution in [0.1, 0.15) is 27.2 Å². The molecule has 0 heterocycles. The highest BCUT2D eigenvalue weighted by Gasteiger charge is 2.23. The van der Waals surface area contributed by atoms with Crippen LogP contribution in [0.2, 0.25) is 0 Å². The first kappa shape index (κ1) is 17.3. The second-order valence-corrected chi connectivity index (χ2v) is 6.89. The summed E-state index contributed by atoms with van der Waals surface area (Å²) in [7, 11) is -3.42. The third-order valence-corrected chi connectivity index (χ3v) is 3.03. The minimum atomic E-state index is -3.42. The summed E-state index contributed by atoms with van der Waals surface area (Å²) in [5.74, 6) is -0.202. The van der Waals surface area contributed by atoms with Gasteiger partial charge in [0.25, 0.3) is 0 Å². The van der Waals surface area contributed by atoms with Crippen LogP contribution in [0.3, 0.4) is 0 Å². The SMILES string of the molecule is CC(C)CC(NS(C)(=O)=O)C(=O)NCC(C)CO. The number of rotatable bonds is 8. The molecule has 0 radical (unpaired) electrons. The van der Waals surface area contributed by atoms with Crippen molar-refractivity contribution in [2.75, 3.05) is 19.4 Å². The van der Waals surface area contributed by atoms with E-state index in [1.807, 2.05) is 13.8 Å². The Kier molecular flexibility index (Phi) is 7.42. The highest BCUT2D eigenvalue weighted by molar-refractivity contribution is 7.88. The predicted molar refractivity (Wildman–Crippen MR) is 70.5 cm³/mol. The maximum atomic E-state index is 11.9. The Balaban J connectivity index is 4.50. The van der Waals surface area contributed by atoms with Crippen molar-refractivity contribution in [2.24, 2.45) is 11.8 Å². The van der Waals surface area contributed by atoms with Crippen LogP contribution in [-0.4, -0.2) is 44.9 Å². The first-order chi connectivity index (χ1) is 8.15. The van der Waals surface area contributed by atoms with Gasteiger partial charge in [-0.3, -0.25) is 4.79 Å². The van der Waals surface area contributed by atoms with Crippen molar-refractivity contribution in [1.82, 2.24) is 10.0 Å². The summed E-state index contributed by atoms with van der Waals surface area (Å²) in [6.45, 7) is 5.94. The number of hydrogen-bond acceptors (Lipinski definition) is 4. The van der Waals surface area contributed by atoms with Crippen molar-refractivity contribution in [3.05, 3.63) is 0 Å². The molecule has 1 amide bonds. The molecule has 7 heteroatoms. The zero-order valence-corrected chi connectivity index (χ0v) is 12.3. The highest BCUT2D eigenvalue weighted by Crippen LogP contribution is 2.06. The Labute approximate surface area is 109 Å². The maximum absolute atomic E-state index is 11.9. The van der Waals surface area contributed by atoms with Crippen molar-refractivity contribution in [3.8, 4) is 0 Å². The van der Waals surface area contributed by atoms with Gasteiger partial charge in [-0.15, -0.1) is 0 Å². The molecule has 3 N–H and O–H groups in total. The highest BCUT2D eigenvalue weighted by atomic mass is 32.2. The number of amides is 1. The van der Waals surface area contributed by atoms with Crippen LogP contribution in [0.15, 0.2) is 0 Å². The zero-order chi connectivity index (χ0) is 14.3. The Morgan fingerprint density at radius 2 is 1.83 bits per heavy atom. The molecular weight excluding hydrogens is 256 g/mol. The van der Waals surface area contributed by atoms with E-state index in [-0.39, 0.29) is 24.3 Å². The molecule has 0 aromatic carbocycles. The molecular formula is C11H24N2O4S. The second-order valence-electron chi connectivity index (χ2n) is 5.11. The molecule has 0 rings (SSSR count). The van der Waals surface area contributed by atoms with Gasteiger partial charge in [-0.2, -0.15) is 0 Å². The molecule has 0 spiro atoms. The van der Waals surface area contributed by atoms with E-state index in [0.717, 1.165) is 6.26 Å². The summed E-state index contributed by atoms with van der Waals surface area (Å²) in [5.41, 5.74) is 0. The fourth-order valence-corrected chi connectivity index (χ4v) is 2.12. The normalized spacial score (nSPS) is 15.4. The van der Waals surface area contributed by atoms with E-state index in [2.05, 4.69) is 10.0 Å². The van der Waals surface area contributed by atoms with E-state index >= 15 is 0 Å². The van der Waals surface area contributed by atoms with Crippen LogP contribution in [0.4, 0.5) is 0 Å². The molecule has 6 nitrogen and oxygen atoms in total. The molecule has 0 saturated heterocycles. The van der Waals surface area contributed by atoms with Gasteiger partial charge in [0.15, 0.2) is 0 Å². The van der Waals surface area contributed by atoms with Gasteiger partial charge in [-0.25, -0.2) is 13.1 Å². The average molecular weight is 280 g/mol. The molecule has 18 heavy (non-hydrogen) atoms. The molecule has 0 bridgehead atoms. The standard InChI is InChI=1S/C11H24N2O4S/c1-8(2)5-10(13-18(4,16)17)11(15)12-6-9(3)7-14/h8-10,13-14H,5-7H2,1-4H3,(H,12,15). The number of sulfonamides is 1. The molecule has 2 unspecified atom stereocenters. The number of carbonyl (C=O) groups is 1. The molecule has 0 aliphatic carbocycles. The van der Waals surface area contributed by atoms with Crippen LogP contribution < -0.4 is 10.0 Å². The molecule has 0 aliphatic rings. The molecule has 0 aromatic rings. The molecule has 0 saturated carbocycles. The van der Waals surface area contributed by atoms with Crippen LogP contribution in [-0.2, 0) is 14.8 Å². The monoisotopic (exact) mass is 280 g/mol. The Hall–Kier alpha value is -0.660. The lowest BCUT2D eigenvalue weighted by Crippen LogP contribution is -2.48. The smallest absolute Gasteiger partial charge is 0.238 e. The van der Waals surface area contributed by atoms with Crippen molar-refractivity contribution in [1.29, 1.82) is 0 Å². The molecule has 2 atom stereocenters. The molecule has 0 fully saturated rings. The van der Waals surface area contributed by atoms with E-state index in [0.29, 0.717) is 13.0 Å². The molecule has 0 aromatic heterocycles. The predicted octanol–water partition coefficient (Wildman–Crippen LogP) is -0.305. The molecule has 108 valence electrons. The Morgan fingerprint density at radius 3 is 2.22 bits per heavy atom. The van der Waals surface area contributed by atoms with Crippen molar-refractivity contribution in [3.63, 3.8) is 0 Å². The van der Waals surface area contributed by atoms with Gasteiger partial charge in [0.1, 0.15) is 6.04 Å². The lowest BCUT2D eigenvalue weighted by atomic mass is 10.0. The van der Waals surface area contributed by atoms with Gasteiger partial charge in [0.05, 0.1) is 6.26 Å². The summed E-state index contributed by atoms with van der Waals surface area (Å²) >= 11 is 0. The van der Waals surface area contributed by atoms with E-state index in [4.69, 9.17) is 5.11 Å². The minimum Gasteiger partial charge on any atom is -0.396 e. The van der Waals surface area contributed by atoms with Crippen molar-refractivity contribution < 1.29 is 18.3 Å². The first-order valence-corrected chi connectivity index (χ1v) is 7.90. The van der Waals surface area contributed by atoms with Gasteiger partial charge in [0, 0.05) is 13.2 Å². The minimum absolute atomic E-state index is 0.0192. The molecule has 0 aliphatic heterocycles. The lowest BCUT2D eigenvalue weighted by molar-refractivity contribution is -0.123. The van der Waals surface area contributed by atoms with Gasteiger partial charge in [-0.05, 0) is 18.3 Å². The topological polar surface area (TPSA) is 95.5 Å². The van der Waals surface area contributed by atoms with Crippen LogP contribution >= 0.6 is 0 Å².